The van der Waals surface area contributed by atoms with Gasteiger partial charge in [-0.3, -0.25) is 0 Å². The Hall–Kier alpha value is 0.770. The Bertz CT molecular complexity index is 741. The van der Waals surface area contributed by atoms with Crippen molar-refractivity contribution >= 4 is 25.1 Å². The highest BCUT2D eigenvalue weighted by Gasteiger charge is 2.60. The smallest absolute Gasteiger partial charge is 0.0386 e. The molecule has 0 aromatic carbocycles. The second-order valence-electron chi connectivity index (χ2n) is 13.6. The van der Waals surface area contributed by atoms with Gasteiger partial charge in [0.2, 0.25) is 0 Å². The Balaban J connectivity index is 1.62. The molecule has 0 heterocycles. The molecule has 0 N–H and O–H groups in total. The standard InChI is InChI=1S/C33H57P3/c1-26-24-27(2)33(34,36(30-20-12-6-13-21-30)31-22-14-7-15-23-31)32(3,25-26)35(28-16-8-4-9-17-28)29-18-10-5-11-19-29/h24-25,28-31H,4-23,34H2,1-3H3. The van der Waals surface area contributed by atoms with Crippen LogP contribution in [0.3, 0.4) is 0 Å². The van der Waals surface area contributed by atoms with Gasteiger partial charge in [-0.25, -0.2) is 0 Å². The van der Waals surface area contributed by atoms with E-state index < -0.39 is 0 Å². The number of rotatable bonds is 6. The molecule has 5 aliphatic carbocycles. The molecule has 0 saturated heterocycles. The van der Waals surface area contributed by atoms with Gasteiger partial charge in [0.15, 0.2) is 0 Å². The van der Waals surface area contributed by atoms with Crippen molar-refractivity contribution < 1.29 is 0 Å². The van der Waals surface area contributed by atoms with Crippen LogP contribution in [0.5, 0.6) is 0 Å². The Kier molecular flexibility index (Phi) is 9.84. The Morgan fingerprint density at radius 1 is 0.583 bits per heavy atom. The SMILES string of the molecule is CC1=CC(C)(P(C2CCCCC2)C2CCCCC2)C(P)(P(C2CCCCC2)C2CCCCC2)C(C)=C1. The average Bonchev–Trinajstić information content (AvgIpc) is 2.90. The monoisotopic (exact) mass is 546 g/mol. The second-order valence-corrected chi connectivity index (χ2v) is 21.1. The zero-order chi connectivity index (χ0) is 25.2. The van der Waals surface area contributed by atoms with Crippen molar-refractivity contribution in [1.29, 1.82) is 0 Å². The average molecular weight is 547 g/mol. The maximum atomic E-state index is 3.79. The fourth-order valence-electron chi connectivity index (χ4n) is 9.55. The van der Waals surface area contributed by atoms with E-state index in [-0.39, 0.29) is 15.8 Å². The molecule has 36 heavy (non-hydrogen) atoms. The van der Waals surface area contributed by atoms with Crippen LogP contribution in [0.1, 0.15) is 149 Å². The third kappa shape index (κ3) is 5.52. The molecule has 0 aromatic heterocycles. The van der Waals surface area contributed by atoms with Crippen molar-refractivity contribution in [2.75, 3.05) is 0 Å². The molecule has 0 bridgehead atoms. The summed E-state index contributed by atoms with van der Waals surface area (Å²) in [6.07, 6.45) is 35.9. The van der Waals surface area contributed by atoms with Crippen molar-refractivity contribution in [3.05, 3.63) is 23.3 Å². The lowest BCUT2D eigenvalue weighted by atomic mass is 9.90. The van der Waals surface area contributed by atoms with Gasteiger partial charge in [0.1, 0.15) is 0 Å². The van der Waals surface area contributed by atoms with Crippen LogP contribution >= 0.6 is 25.1 Å². The van der Waals surface area contributed by atoms with E-state index in [1.165, 1.54) is 103 Å². The van der Waals surface area contributed by atoms with Gasteiger partial charge in [-0.05, 0) is 87.9 Å². The fourth-order valence-corrected chi connectivity index (χ4v) is 21.7. The van der Waals surface area contributed by atoms with Gasteiger partial charge < -0.3 is 0 Å². The van der Waals surface area contributed by atoms with E-state index in [0.717, 1.165) is 22.6 Å². The van der Waals surface area contributed by atoms with Crippen LogP contribution in [0.25, 0.3) is 0 Å². The van der Waals surface area contributed by atoms with Gasteiger partial charge in [0.05, 0.1) is 0 Å². The lowest BCUT2D eigenvalue weighted by Crippen LogP contribution is -2.52. The Morgan fingerprint density at radius 2 is 0.917 bits per heavy atom. The molecular formula is C33H57P3. The molecule has 0 aromatic rings. The minimum absolute atomic E-state index is 0.0347. The van der Waals surface area contributed by atoms with E-state index in [0.29, 0.717) is 10.1 Å². The molecule has 5 rings (SSSR count). The lowest BCUT2D eigenvalue weighted by Gasteiger charge is -2.63. The highest BCUT2D eigenvalue weighted by Crippen LogP contribution is 2.80. The molecule has 0 amide bonds. The summed E-state index contributed by atoms with van der Waals surface area (Å²) >= 11 is 0. The van der Waals surface area contributed by atoms with Gasteiger partial charge >= 0.3 is 0 Å². The van der Waals surface area contributed by atoms with Gasteiger partial charge in [-0.1, -0.05) is 123 Å². The zero-order valence-electron chi connectivity index (χ0n) is 24.1. The van der Waals surface area contributed by atoms with E-state index in [9.17, 15) is 0 Å². The summed E-state index contributed by atoms with van der Waals surface area (Å²) in [5.41, 5.74) is 7.43. The van der Waals surface area contributed by atoms with Crippen molar-refractivity contribution in [2.24, 2.45) is 0 Å². The molecule has 0 aliphatic heterocycles. The third-order valence-corrected chi connectivity index (χ3v) is 21.9. The summed E-state index contributed by atoms with van der Waals surface area (Å²) in [7, 11) is 3.70. The summed E-state index contributed by atoms with van der Waals surface area (Å²) in [5.74, 6) is 0. The van der Waals surface area contributed by atoms with E-state index in [1.54, 1.807) is 36.8 Å². The lowest BCUT2D eigenvalue weighted by molar-refractivity contribution is 0.466. The van der Waals surface area contributed by atoms with E-state index in [4.69, 9.17) is 0 Å². The number of hydrogen-bond donors (Lipinski definition) is 0. The first-order valence-electron chi connectivity index (χ1n) is 16.2. The number of allylic oxidation sites excluding steroid dienone is 4. The fraction of sp³-hybridized carbons (Fsp3) is 0.879. The molecule has 4 fully saturated rings. The maximum Gasteiger partial charge on any atom is 0.0386 e. The molecule has 3 unspecified atom stereocenters. The second kappa shape index (κ2) is 12.5. The molecule has 4 saturated carbocycles. The van der Waals surface area contributed by atoms with Gasteiger partial charge in [-0.2, -0.15) is 0 Å². The summed E-state index contributed by atoms with van der Waals surface area (Å²) in [4.78, 5) is 0.326. The molecule has 0 radical (unpaired) electrons. The van der Waals surface area contributed by atoms with Crippen LogP contribution < -0.4 is 0 Å². The molecule has 0 spiro atoms. The first-order valence-corrected chi connectivity index (χ1v) is 19.7. The minimum Gasteiger partial charge on any atom is -0.121 e. The predicted octanol–water partition coefficient (Wildman–Crippen LogP) is 11.5. The molecule has 3 heteroatoms. The van der Waals surface area contributed by atoms with Crippen molar-refractivity contribution in [1.82, 2.24) is 0 Å². The van der Waals surface area contributed by atoms with Crippen molar-refractivity contribution in [3.63, 3.8) is 0 Å². The zero-order valence-corrected chi connectivity index (χ0v) is 27.0. The largest absolute Gasteiger partial charge is 0.121 e. The van der Waals surface area contributed by atoms with Gasteiger partial charge in [0.25, 0.3) is 0 Å². The van der Waals surface area contributed by atoms with Crippen LogP contribution in [0.15, 0.2) is 23.3 Å². The van der Waals surface area contributed by atoms with Gasteiger partial charge in [-0.15, -0.1) is 9.24 Å². The van der Waals surface area contributed by atoms with Crippen LogP contribution in [-0.2, 0) is 0 Å². The third-order valence-electron chi connectivity index (χ3n) is 11.1. The van der Waals surface area contributed by atoms with Crippen LogP contribution in [0, 0.1) is 0 Å². The molecular weight excluding hydrogens is 489 g/mol. The highest BCUT2D eigenvalue weighted by atomic mass is 31.2. The van der Waals surface area contributed by atoms with Crippen molar-refractivity contribution in [3.8, 4) is 0 Å². The Labute approximate surface area is 229 Å². The minimum atomic E-state index is -0.0518. The first kappa shape index (κ1) is 28.3. The van der Waals surface area contributed by atoms with E-state index in [2.05, 4.69) is 42.2 Å². The Morgan fingerprint density at radius 3 is 1.28 bits per heavy atom. The van der Waals surface area contributed by atoms with Gasteiger partial charge in [0, 0.05) is 10.1 Å². The number of hydrogen-bond acceptors (Lipinski definition) is 0. The first-order chi connectivity index (χ1) is 17.4. The predicted molar refractivity (Wildman–Crippen MR) is 170 cm³/mol. The van der Waals surface area contributed by atoms with E-state index in [1.807, 2.05) is 0 Å². The summed E-state index contributed by atoms with van der Waals surface area (Å²) < 4.78 is 0. The van der Waals surface area contributed by atoms with Crippen LogP contribution in [-0.4, -0.2) is 32.7 Å². The summed E-state index contributed by atoms with van der Waals surface area (Å²) in [6.45, 7) is 7.90. The summed E-state index contributed by atoms with van der Waals surface area (Å²) in [5, 5.41) is 0.362. The topological polar surface area (TPSA) is 0 Å². The molecule has 3 atom stereocenters. The van der Waals surface area contributed by atoms with Crippen molar-refractivity contribution in [2.45, 2.75) is 182 Å². The molecule has 5 aliphatic rings. The van der Waals surface area contributed by atoms with Crippen LogP contribution in [0.4, 0.5) is 0 Å². The summed E-state index contributed by atoms with van der Waals surface area (Å²) in [6, 6.07) is 0. The molecule has 204 valence electrons. The van der Waals surface area contributed by atoms with Crippen LogP contribution in [0.2, 0.25) is 0 Å². The molecule has 0 nitrogen and oxygen atoms in total. The van der Waals surface area contributed by atoms with E-state index >= 15 is 0 Å². The maximum absolute atomic E-state index is 3.79. The normalized spacial score (nSPS) is 34.7. The quantitative estimate of drug-likeness (QED) is 0.291. The highest BCUT2D eigenvalue weighted by molar-refractivity contribution is 7.71.